The molecule has 4 nitrogen and oxygen atoms in total. The van der Waals surface area contributed by atoms with E-state index in [9.17, 15) is 18.0 Å². The number of ether oxygens (including phenoxy) is 1. The number of hydrogen-bond donors (Lipinski definition) is 2. The number of anilines is 1. The van der Waals surface area contributed by atoms with Crippen LogP contribution < -0.4 is 15.8 Å². The molecule has 1 aromatic rings. The molecule has 0 bridgehead atoms. The molecule has 0 saturated carbocycles. The molecule has 0 atom stereocenters. The maximum atomic E-state index is 13.1. The standard InChI is InChI=1S/C18H23F3N2O2/c1-12(2)5-4-6-13(3)9-10-25-16-8-7-14(23-17(22)24)11-15(16)18(19,20)21/h5,7-9,11H,4,6,10H2,1-3H3,(H3,22,23,24). The van der Waals surface area contributed by atoms with Crippen LogP contribution in [0.3, 0.4) is 0 Å². The van der Waals surface area contributed by atoms with Crippen LogP contribution in [0.2, 0.25) is 0 Å². The number of benzene rings is 1. The summed E-state index contributed by atoms with van der Waals surface area (Å²) in [4.78, 5) is 10.8. The number of carbonyl (C=O) groups excluding carboxylic acids is 1. The maximum absolute atomic E-state index is 13.1. The molecule has 0 spiro atoms. The Balaban J connectivity index is 2.80. The molecule has 25 heavy (non-hydrogen) atoms. The van der Waals surface area contributed by atoms with Crippen molar-refractivity contribution in [3.63, 3.8) is 0 Å². The Morgan fingerprint density at radius 1 is 1.24 bits per heavy atom. The Kier molecular flexibility index (Phi) is 7.54. The molecule has 0 unspecified atom stereocenters. The first-order valence-corrected chi connectivity index (χ1v) is 7.79. The van der Waals surface area contributed by atoms with Crippen molar-refractivity contribution in [3.8, 4) is 5.75 Å². The van der Waals surface area contributed by atoms with E-state index in [2.05, 4.69) is 11.4 Å². The summed E-state index contributed by atoms with van der Waals surface area (Å²) < 4.78 is 44.7. The molecule has 138 valence electrons. The number of nitrogens with one attached hydrogen (secondary N) is 1. The number of hydrogen-bond acceptors (Lipinski definition) is 2. The predicted molar refractivity (Wildman–Crippen MR) is 92.6 cm³/mol. The fourth-order valence-corrected chi connectivity index (χ4v) is 2.06. The van der Waals surface area contributed by atoms with E-state index in [1.165, 1.54) is 17.7 Å². The maximum Gasteiger partial charge on any atom is 0.420 e. The molecule has 2 amide bonds. The van der Waals surface area contributed by atoms with Crippen LogP contribution in [0.5, 0.6) is 5.75 Å². The second-order valence-corrected chi connectivity index (χ2v) is 5.88. The highest BCUT2D eigenvalue weighted by atomic mass is 19.4. The third kappa shape index (κ3) is 7.78. The fourth-order valence-electron chi connectivity index (χ4n) is 2.06. The highest BCUT2D eigenvalue weighted by molar-refractivity contribution is 5.88. The van der Waals surface area contributed by atoms with E-state index in [1.807, 2.05) is 20.8 Å². The zero-order valence-corrected chi connectivity index (χ0v) is 14.5. The Morgan fingerprint density at radius 2 is 1.92 bits per heavy atom. The normalized spacial score (nSPS) is 11.8. The number of allylic oxidation sites excluding steroid dienone is 3. The van der Waals surface area contributed by atoms with Crippen LogP contribution in [0.25, 0.3) is 0 Å². The summed E-state index contributed by atoms with van der Waals surface area (Å²) in [5.74, 6) is -0.295. The van der Waals surface area contributed by atoms with Crippen LogP contribution in [-0.4, -0.2) is 12.6 Å². The third-order valence-corrected chi connectivity index (χ3v) is 3.31. The summed E-state index contributed by atoms with van der Waals surface area (Å²) in [7, 11) is 0. The van der Waals surface area contributed by atoms with Gasteiger partial charge in [-0.2, -0.15) is 13.2 Å². The predicted octanol–water partition coefficient (Wildman–Crippen LogP) is 5.27. The number of primary amides is 1. The van der Waals surface area contributed by atoms with Crippen molar-refractivity contribution in [2.75, 3.05) is 11.9 Å². The largest absolute Gasteiger partial charge is 0.489 e. The van der Waals surface area contributed by atoms with Crippen LogP contribution in [0.15, 0.2) is 41.5 Å². The summed E-state index contributed by atoms with van der Waals surface area (Å²) >= 11 is 0. The first-order valence-electron chi connectivity index (χ1n) is 7.79. The molecule has 0 aromatic heterocycles. The first-order chi connectivity index (χ1) is 11.6. The van der Waals surface area contributed by atoms with Crippen molar-refractivity contribution < 1.29 is 22.7 Å². The van der Waals surface area contributed by atoms with Gasteiger partial charge in [0.25, 0.3) is 0 Å². The van der Waals surface area contributed by atoms with Crippen LogP contribution in [0.4, 0.5) is 23.7 Å². The lowest BCUT2D eigenvalue weighted by Crippen LogP contribution is -2.20. The molecular weight excluding hydrogens is 333 g/mol. The smallest absolute Gasteiger partial charge is 0.420 e. The van der Waals surface area contributed by atoms with Crippen LogP contribution in [0.1, 0.15) is 39.2 Å². The molecule has 0 heterocycles. The van der Waals surface area contributed by atoms with Gasteiger partial charge in [0.05, 0.1) is 5.56 Å². The van der Waals surface area contributed by atoms with E-state index < -0.39 is 17.8 Å². The van der Waals surface area contributed by atoms with Gasteiger partial charge in [-0.25, -0.2) is 4.79 Å². The molecule has 0 aliphatic carbocycles. The Labute approximate surface area is 145 Å². The van der Waals surface area contributed by atoms with Gasteiger partial charge in [0, 0.05) is 5.69 Å². The third-order valence-electron chi connectivity index (χ3n) is 3.31. The van der Waals surface area contributed by atoms with Crippen LogP contribution in [0, 0.1) is 0 Å². The Bertz CT molecular complexity index is 661. The lowest BCUT2D eigenvalue weighted by atomic mass is 10.1. The van der Waals surface area contributed by atoms with E-state index in [-0.39, 0.29) is 18.0 Å². The van der Waals surface area contributed by atoms with Gasteiger partial charge in [-0.05, 0) is 57.9 Å². The monoisotopic (exact) mass is 356 g/mol. The van der Waals surface area contributed by atoms with Gasteiger partial charge < -0.3 is 15.8 Å². The van der Waals surface area contributed by atoms with Gasteiger partial charge >= 0.3 is 12.2 Å². The molecule has 0 aliphatic heterocycles. The lowest BCUT2D eigenvalue weighted by molar-refractivity contribution is -0.138. The minimum absolute atomic E-state index is 0.0341. The van der Waals surface area contributed by atoms with Gasteiger partial charge in [0.15, 0.2) is 0 Å². The van der Waals surface area contributed by atoms with E-state index in [0.717, 1.165) is 24.5 Å². The van der Waals surface area contributed by atoms with E-state index in [4.69, 9.17) is 10.5 Å². The number of nitrogens with two attached hydrogens (primary N) is 1. The number of urea groups is 1. The minimum atomic E-state index is -4.60. The summed E-state index contributed by atoms with van der Waals surface area (Å²) in [6.07, 6.45) is 0.958. The first kappa shape index (κ1) is 20.6. The van der Waals surface area contributed by atoms with Crippen molar-refractivity contribution in [2.45, 2.75) is 39.8 Å². The summed E-state index contributed by atoms with van der Waals surface area (Å²) in [6, 6.07) is 2.34. The summed E-state index contributed by atoms with van der Waals surface area (Å²) in [5.41, 5.74) is 6.18. The number of rotatable bonds is 7. The summed E-state index contributed by atoms with van der Waals surface area (Å²) in [5, 5.41) is 2.12. The lowest BCUT2D eigenvalue weighted by Gasteiger charge is -2.15. The minimum Gasteiger partial charge on any atom is -0.489 e. The van der Waals surface area contributed by atoms with Crippen molar-refractivity contribution >= 4 is 11.7 Å². The van der Waals surface area contributed by atoms with E-state index in [0.29, 0.717) is 0 Å². The van der Waals surface area contributed by atoms with E-state index in [1.54, 1.807) is 6.08 Å². The van der Waals surface area contributed by atoms with Gasteiger partial charge in [-0.1, -0.05) is 17.2 Å². The van der Waals surface area contributed by atoms with Gasteiger partial charge in [0.1, 0.15) is 12.4 Å². The Morgan fingerprint density at radius 3 is 2.48 bits per heavy atom. The van der Waals surface area contributed by atoms with Crippen LogP contribution in [-0.2, 0) is 6.18 Å². The van der Waals surface area contributed by atoms with Gasteiger partial charge in [0.2, 0.25) is 0 Å². The zero-order valence-electron chi connectivity index (χ0n) is 14.5. The molecule has 0 aliphatic rings. The van der Waals surface area contributed by atoms with Crippen molar-refractivity contribution in [1.82, 2.24) is 0 Å². The molecule has 7 heteroatoms. The van der Waals surface area contributed by atoms with Crippen LogP contribution >= 0.6 is 0 Å². The highest BCUT2D eigenvalue weighted by Gasteiger charge is 2.34. The van der Waals surface area contributed by atoms with Crippen molar-refractivity contribution in [2.24, 2.45) is 5.73 Å². The molecule has 0 fully saturated rings. The molecule has 3 N–H and O–H groups in total. The highest BCUT2D eigenvalue weighted by Crippen LogP contribution is 2.37. The van der Waals surface area contributed by atoms with Crippen molar-refractivity contribution in [3.05, 3.63) is 47.1 Å². The molecule has 0 saturated heterocycles. The Hall–Kier alpha value is -2.44. The quantitative estimate of drug-likeness (QED) is 0.654. The number of amides is 2. The molecule has 0 radical (unpaired) electrons. The van der Waals surface area contributed by atoms with E-state index >= 15 is 0 Å². The number of carbonyl (C=O) groups is 1. The fraction of sp³-hybridized carbons (Fsp3) is 0.389. The second-order valence-electron chi connectivity index (χ2n) is 5.88. The zero-order chi connectivity index (χ0) is 19.0. The molecule has 1 aromatic carbocycles. The topological polar surface area (TPSA) is 64.3 Å². The molecule has 1 rings (SSSR count). The van der Waals surface area contributed by atoms with Gasteiger partial charge in [-0.15, -0.1) is 0 Å². The average molecular weight is 356 g/mol. The SMILES string of the molecule is CC(C)=CCCC(C)=CCOc1ccc(NC(N)=O)cc1C(F)(F)F. The molecular formula is C18H23F3N2O2. The number of alkyl halides is 3. The van der Waals surface area contributed by atoms with Gasteiger partial charge in [-0.3, -0.25) is 0 Å². The average Bonchev–Trinajstić information content (AvgIpc) is 2.46. The second kappa shape index (κ2) is 9.15. The van der Waals surface area contributed by atoms with Crippen molar-refractivity contribution in [1.29, 1.82) is 0 Å². The number of halogens is 3. The summed E-state index contributed by atoms with van der Waals surface area (Å²) in [6.45, 7) is 5.97.